The van der Waals surface area contributed by atoms with Gasteiger partial charge in [0.2, 0.25) is 0 Å². The van der Waals surface area contributed by atoms with Crippen LogP contribution >= 0.6 is 0 Å². The summed E-state index contributed by atoms with van der Waals surface area (Å²) in [6.07, 6.45) is 0. The van der Waals surface area contributed by atoms with Crippen molar-refractivity contribution in [1.29, 1.82) is 0 Å². The van der Waals surface area contributed by atoms with Crippen LogP contribution in [0.3, 0.4) is 0 Å². The Morgan fingerprint density at radius 2 is 0.863 bits per heavy atom. The molecule has 0 aliphatic carbocycles. The summed E-state index contributed by atoms with van der Waals surface area (Å²) in [5, 5.41) is 6.43. The molecule has 0 radical (unpaired) electrons. The smallest absolute Gasteiger partial charge is 0.165 e. The van der Waals surface area contributed by atoms with E-state index in [-0.39, 0.29) is 0 Å². The summed E-state index contributed by atoms with van der Waals surface area (Å²) in [6.45, 7) is 0. The zero-order valence-corrected chi connectivity index (χ0v) is 27.5. The first-order valence-electron chi connectivity index (χ1n) is 17.1. The summed E-state index contributed by atoms with van der Waals surface area (Å²) in [5.41, 5.74) is 9.03. The largest absolute Gasteiger partial charge is 0.456 e. The Kier molecular flexibility index (Phi) is 6.78. The van der Waals surface area contributed by atoms with E-state index in [9.17, 15) is 0 Å². The molecule has 0 bridgehead atoms. The van der Waals surface area contributed by atoms with Crippen molar-refractivity contribution >= 4 is 43.5 Å². The summed E-state index contributed by atoms with van der Waals surface area (Å²) >= 11 is 0. The maximum Gasteiger partial charge on any atom is 0.165 e. The van der Waals surface area contributed by atoms with Crippen molar-refractivity contribution in [3.63, 3.8) is 0 Å². The predicted octanol–water partition coefficient (Wildman–Crippen LogP) is 12.4. The molecule has 0 N–H and O–H groups in total. The van der Waals surface area contributed by atoms with E-state index in [1.807, 2.05) is 36.4 Å². The van der Waals surface area contributed by atoms with Crippen molar-refractivity contribution < 1.29 is 4.42 Å². The fraction of sp³-hybridized carbons (Fsp3) is 0. The molecular weight excluding hydrogens is 623 g/mol. The van der Waals surface area contributed by atoms with Gasteiger partial charge in [-0.25, -0.2) is 15.0 Å². The Morgan fingerprint density at radius 3 is 1.63 bits per heavy atom. The maximum atomic E-state index is 6.68. The van der Waals surface area contributed by atoms with Gasteiger partial charge >= 0.3 is 0 Å². The van der Waals surface area contributed by atoms with E-state index in [0.29, 0.717) is 17.5 Å². The highest BCUT2D eigenvalue weighted by Crippen LogP contribution is 2.42. The van der Waals surface area contributed by atoms with Gasteiger partial charge in [-0.05, 0) is 68.1 Å². The number of furan rings is 1. The zero-order valence-electron chi connectivity index (χ0n) is 27.5. The number of benzene rings is 8. The van der Waals surface area contributed by atoms with Crippen LogP contribution in [0.25, 0.3) is 99.9 Å². The average molecular weight is 652 g/mol. The van der Waals surface area contributed by atoms with Crippen LogP contribution in [-0.4, -0.2) is 15.0 Å². The number of hydrogen-bond donors (Lipinski definition) is 0. The SMILES string of the molecule is c1ccc(-c2ccc(-c3ccc4c(c3)oc3cc5ccccc5c(-c5nc(-c6ccccc6)nc(-c6ccc7ccccc7c6)n5)c34)cc2)cc1. The standard InChI is InChI=1S/C47H29N3O/c1-3-11-30(12-4-1)32-19-21-33(22-20-32)36-25-26-40-41(28-36)51-42-29-37-17-9-10-18-39(37)44(43(40)42)47-49-45(34-14-5-2-6-15-34)48-46(50-47)38-24-23-31-13-7-8-16-35(31)27-38/h1-29H. The Morgan fingerprint density at radius 1 is 0.314 bits per heavy atom. The minimum atomic E-state index is 0.608. The van der Waals surface area contributed by atoms with Gasteiger partial charge < -0.3 is 4.42 Å². The lowest BCUT2D eigenvalue weighted by Gasteiger charge is -2.12. The van der Waals surface area contributed by atoms with Crippen LogP contribution in [0.5, 0.6) is 0 Å². The Labute approximate surface area is 294 Å². The molecule has 4 heteroatoms. The summed E-state index contributed by atoms with van der Waals surface area (Å²) in [5.74, 6) is 1.86. The second-order valence-corrected chi connectivity index (χ2v) is 12.8. The minimum absolute atomic E-state index is 0.608. The third kappa shape index (κ3) is 5.13. The molecule has 0 aliphatic rings. The fourth-order valence-corrected chi connectivity index (χ4v) is 7.16. The minimum Gasteiger partial charge on any atom is -0.456 e. The molecule has 0 amide bonds. The molecular formula is C47H29N3O. The molecule has 238 valence electrons. The number of aromatic nitrogens is 3. The van der Waals surface area contributed by atoms with Crippen LogP contribution in [-0.2, 0) is 0 Å². The summed E-state index contributed by atoms with van der Waals surface area (Å²) in [7, 11) is 0. The second kappa shape index (κ2) is 11.9. The highest BCUT2D eigenvalue weighted by atomic mass is 16.3. The van der Waals surface area contributed by atoms with Gasteiger partial charge in [-0.15, -0.1) is 0 Å². The molecule has 0 atom stereocenters. The number of fused-ring (bicyclic) bond motifs is 5. The van der Waals surface area contributed by atoms with E-state index >= 15 is 0 Å². The maximum absolute atomic E-state index is 6.68. The first-order chi connectivity index (χ1) is 25.2. The van der Waals surface area contributed by atoms with E-state index in [2.05, 4.69) is 140 Å². The number of rotatable bonds is 5. The summed E-state index contributed by atoms with van der Waals surface area (Å²) in [4.78, 5) is 15.5. The van der Waals surface area contributed by atoms with E-state index < -0.39 is 0 Å². The van der Waals surface area contributed by atoms with Gasteiger partial charge in [0.25, 0.3) is 0 Å². The molecule has 0 saturated heterocycles. The lowest BCUT2D eigenvalue weighted by Crippen LogP contribution is -2.01. The summed E-state index contributed by atoms with van der Waals surface area (Å²) < 4.78 is 6.68. The van der Waals surface area contributed by atoms with Crippen molar-refractivity contribution in [1.82, 2.24) is 15.0 Å². The van der Waals surface area contributed by atoms with E-state index in [4.69, 9.17) is 19.4 Å². The fourth-order valence-electron chi connectivity index (χ4n) is 7.16. The van der Waals surface area contributed by atoms with E-state index in [1.54, 1.807) is 0 Å². The molecule has 0 aliphatic heterocycles. The van der Waals surface area contributed by atoms with Gasteiger partial charge in [0.1, 0.15) is 11.2 Å². The van der Waals surface area contributed by atoms with Crippen molar-refractivity contribution in [3.8, 4) is 56.4 Å². The third-order valence-corrected chi connectivity index (χ3v) is 9.71. The second-order valence-electron chi connectivity index (χ2n) is 12.8. The van der Waals surface area contributed by atoms with Gasteiger partial charge in [0, 0.05) is 27.5 Å². The Hall–Kier alpha value is -6.91. The molecule has 4 nitrogen and oxygen atoms in total. The molecule has 2 aromatic heterocycles. The predicted molar refractivity (Wildman–Crippen MR) is 209 cm³/mol. The van der Waals surface area contributed by atoms with Gasteiger partial charge in [0.05, 0.1) is 0 Å². The van der Waals surface area contributed by atoms with Gasteiger partial charge in [-0.2, -0.15) is 0 Å². The number of hydrogen-bond acceptors (Lipinski definition) is 4. The normalized spacial score (nSPS) is 11.5. The van der Waals surface area contributed by atoms with Crippen LogP contribution < -0.4 is 0 Å². The van der Waals surface area contributed by atoms with Crippen molar-refractivity contribution in [2.24, 2.45) is 0 Å². The molecule has 8 aromatic carbocycles. The third-order valence-electron chi connectivity index (χ3n) is 9.71. The summed E-state index contributed by atoms with van der Waals surface area (Å²) in [6, 6.07) is 61.0. The molecule has 10 aromatic rings. The average Bonchev–Trinajstić information content (AvgIpc) is 3.57. The molecule has 10 rings (SSSR count). The van der Waals surface area contributed by atoms with Gasteiger partial charge in [-0.3, -0.25) is 0 Å². The lowest BCUT2D eigenvalue weighted by molar-refractivity contribution is 0.669. The number of nitrogens with zero attached hydrogens (tertiary/aromatic N) is 3. The van der Waals surface area contributed by atoms with Crippen LogP contribution in [0.1, 0.15) is 0 Å². The molecule has 0 spiro atoms. The quantitative estimate of drug-likeness (QED) is 0.186. The van der Waals surface area contributed by atoms with Gasteiger partial charge in [-0.1, -0.05) is 152 Å². The molecule has 2 heterocycles. The van der Waals surface area contributed by atoms with E-state index in [1.165, 1.54) is 16.5 Å². The zero-order chi connectivity index (χ0) is 33.7. The van der Waals surface area contributed by atoms with Crippen molar-refractivity contribution in [2.45, 2.75) is 0 Å². The van der Waals surface area contributed by atoms with Gasteiger partial charge in [0.15, 0.2) is 17.5 Å². The Balaban J connectivity index is 1.18. The van der Waals surface area contributed by atoms with Crippen molar-refractivity contribution in [3.05, 3.63) is 176 Å². The van der Waals surface area contributed by atoms with Crippen LogP contribution in [0, 0.1) is 0 Å². The Bertz CT molecular complexity index is 2900. The van der Waals surface area contributed by atoms with Crippen LogP contribution in [0.2, 0.25) is 0 Å². The lowest BCUT2D eigenvalue weighted by atomic mass is 9.96. The molecule has 0 saturated carbocycles. The molecule has 0 fully saturated rings. The topological polar surface area (TPSA) is 51.8 Å². The monoisotopic (exact) mass is 651 g/mol. The molecule has 0 unspecified atom stereocenters. The highest BCUT2D eigenvalue weighted by molar-refractivity contribution is 6.20. The van der Waals surface area contributed by atoms with E-state index in [0.717, 1.165) is 65.9 Å². The van der Waals surface area contributed by atoms with Crippen LogP contribution in [0.4, 0.5) is 0 Å². The highest BCUT2D eigenvalue weighted by Gasteiger charge is 2.21. The van der Waals surface area contributed by atoms with Crippen LogP contribution in [0.15, 0.2) is 180 Å². The van der Waals surface area contributed by atoms with Crippen molar-refractivity contribution in [2.75, 3.05) is 0 Å². The first-order valence-corrected chi connectivity index (χ1v) is 17.1. The first kappa shape index (κ1) is 29.0. The molecule has 51 heavy (non-hydrogen) atoms.